The van der Waals surface area contributed by atoms with E-state index in [-0.39, 0.29) is 11.5 Å². The van der Waals surface area contributed by atoms with Crippen LogP contribution in [0.15, 0.2) is 30.3 Å². The number of benzene rings is 1. The Kier molecular flexibility index (Phi) is 4.45. The van der Waals surface area contributed by atoms with Gasteiger partial charge in [0.05, 0.1) is 11.3 Å². The lowest BCUT2D eigenvalue weighted by Crippen LogP contribution is -2.56. The van der Waals surface area contributed by atoms with Crippen molar-refractivity contribution in [1.82, 2.24) is 0 Å². The van der Waals surface area contributed by atoms with Gasteiger partial charge in [0.1, 0.15) is 10.8 Å². The first-order valence-electron chi connectivity index (χ1n) is 8.07. The Balaban J connectivity index is 1.91. The summed E-state index contributed by atoms with van der Waals surface area (Å²) in [6.45, 7) is 5.32. The number of carbonyl (C=O) groups excluding carboxylic acids is 3. The van der Waals surface area contributed by atoms with E-state index in [1.165, 1.54) is 18.3 Å². The van der Waals surface area contributed by atoms with Crippen molar-refractivity contribution in [1.29, 1.82) is 0 Å². The Bertz CT molecular complexity index is 906. The average Bonchev–Trinajstić information content (AvgIpc) is 3.00. The number of ether oxygens (including phenoxy) is 1. The molecule has 1 aliphatic heterocycles. The van der Waals surface area contributed by atoms with Crippen LogP contribution in [-0.4, -0.2) is 23.3 Å². The molecule has 7 nitrogen and oxygen atoms in total. The summed E-state index contributed by atoms with van der Waals surface area (Å²) in [5, 5.41) is 5.60. The maximum Gasteiger partial charge on any atom is 0.278 e. The van der Waals surface area contributed by atoms with E-state index in [9.17, 15) is 14.4 Å². The van der Waals surface area contributed by atoms with Crippen LogP contribution in [-0.2, 0) is 9.59 Å². The third-order valence-electron chi connectivity index (χ3n) is 4.13. The monoisotopic (exact) mass is 373 g/mol. The number of carbonyl (C=O) groups is 3. The predicted molar refractivity (Wildman–Crippen MR) is 99.7 cm³/mol. The van der Waals surface area contributed by atoms with Crippen molar-refractivity contribution >= 4 is 39.7 Å². The lowest BCUT2D eigenvalue weighted by Gasteiger charge is -2.33. The molecule has 0 spiro atoms. The molecule has 0 bridgehead atoms. The third kappa shape index (κ3) is 3.03. The highest BCUT2D eigenvalue weighted by atomic mass is 32.1. The molecule has 136 valence electrons. The largest absolute Gasteiger partial charge is 0.466 e. The second-order valence-electron chi connectivity index (χ2n) is 6.45. The summed E-state index contributed by atoms with van der Waals surface area (Å²) in [5.74, 6) is -1.35. The fourth-order valence-electron chi connectivity index (χ4n) is 2.51. The minimum absolute atomic E-state index is 0.167. The van der Waals surface area contributed by atoms with Crippen molar-refractivity contribution in [3.8, 4) is 5.75 Å². The van der Waals surface area contributed by atoms with Crippen molar-refractivity contribution in [3.05, 3.63) is 40.8 Å². The van der Waals surface area contributed by atoms with Gasteiger partial charge in [-0.25, -0.2) is 0 Å². The first-order chi connectivity index (χ1) is 12.2. The molecule has 3 rings (SSSR count). The summed E-state index contributed by atoms with van der Waals surface area (Å²) in [4.78, 5) is 37.9. The molecule has 0 saturated heterocycles. The van der Waals surface area contributed by atoms with Crippen molar-refractivity contribution in [3.63, 3.8) is 0 Å². The molecular weight excluding hydrogens is 354 g/mol. The van der Waals surface area contributed by atoms with Crippen LogP contribution < -0.4 is 21.1 Å². The summed E-state index contributed by atoms with van der Waals surface area (Å²) >= 11 is 1.25. The van der Waals surface area contributed by atoms with Gasteiger partial charge in [-0.1, -0.05) is 26.0 Å². The maximum absolute atomic E-state index is 12.8. The SMILES string of the molecule is CC(C)c1cc(C(N)=O)c(NC(=O)C2(C)Oc3ccccc3NC2=O)s1. The Hall–Kier alpha value is -2.87. The second-order valence-corrected chi connectivity index (χ2v) is 7.53. The number of hydrogen-bond acceptors (Lipinski definition) is 5. The number of thiophene rings is 1. The fraction of sp³-hybridized carbons (Fsp3) is 0.278. The van der Waals surface area contributed by atoms with Gasteiger partial charge in [-0.3, -0.25) is 14.4 Å². The highest BCUT2D eigenvalue weighted by molar-refractivity contribution is 7.16. The minimum Gasteiger partial charge on any atom is -0.466 e. The van der Waals surface area contributed by atoms with Crippen LogP contribution in [0.4, 0.5) is 10.7 Å². The number of anilines is 2. The van der Waals surface area contributed by atoms with Gasteiger partial charge in [0.15, 0.2) is 0 Å². The number of nitrogens with two attached hydrogens (primary N) is 1. The van der Waals surface area contributed by atoms with Crippen LogP contribution in [0.5, 0.6) is 5.75 Å². The molecule has 4 N–H and O–H groups in total. The van der Waals surface area contributed by atoms with Crippen LogP contribution in [0.3, 0.4) is 0 Å². The number of fused-ring (bicyclic) bond motifs is 1. The van der Waals surface area contributed by atoms with E-state index in [0.717, 1.165) is 4.88 Å². The Morgan fingerprint density at radius 2 is 2.00 bits per heavy atom. The molecule has 0 fully saturated rings. The molecule has 8 heteroatoms. The highest BCUT2D eigenvalue weighted by Gasteiger charge is 2.47. The molecule has 1 aliphatic rings. The third-order valence-corrected chi connectivity index (χ3v) is 5.48. The number of primary amides is 1. The maximum atomic E-state index is 12.8. The van der Waals surface area contributed by atoms with Crippen molar-refractivity contribution in [2.45, 2.75) is 32.3 Å². The molecule has 2 aromatic rings. The zero-order valence-corrected chi connectivity index (χ0v) is 15.4. The molecule has 3 amide bonds. The van der Waals surface area contributed by atoms with E-state index in [1.54, 1.807) is 30.3 Å². The van der Waals surface area contributed by atoms with Crippen molar-refractivity contribution in [2.75, 3.05) is 10.6 Å². The van der Waals surface area contributed by atoms with Crippen LogP contribution in [0.1, 0.15) is 41.9 Å². The Labute approximate surface area is 154 Å². The Morgan fingerprint density at radius 1 is 1.31 bits per heavy atom. The fourth-order valence-corrected chi connectivity index (χ4v) is 3.57. The van der Waals surface area contributed by atoms with Crippen LogP contribution in [0.25, 0.3) is 0 Å². The first-order valence-corrected chi connectivity index (χ1v) is 8.88. The number of nitrogens with one attached hydrogen (secondary N) is 2. The molecular formula is C18H19N3O4S. The predicted octanol–water partition coefficient (Wildman–Crippen LogP) is 2.70. The molecule has 2 heterocycles. The van der Waals surface area contributed by atoms with E-state index in [0.29, 0.717) is 16.4 Å². The summed E-state index contributed by atoms with van der Waals surface area (Å²) in [6, 6.07) is 8.51. The van der Waals surface area contributed by atoms with Gasteiger partial charge in [-0.05, 0) is 31.0 Å². The van der Waals surface area contributed by atoms with Gasteiger partial charge in [0, 0.05) is 4.88 Å². The minimum atomic E-state index is -1.77. The summed E-state index contributed by atoms with van der Waals surface area (Å²) in [7, 11) is 0. The zero-order valence-electron chi connectivity index (χ0n) is 14.6. The standard InChI is InChI=1S/C18H19N3O4S/c1-9(2)13-8-10(14(19)22)15(26-13)21-17(24)18(3)16(23)20-11-6-4-5-7-12(11)25-18/h4-9H,1-3H3,(H2,19,22)(H,20,23)(H,21,24). The van der Waals surface area contributed by atoms with Crippen molar-refractivity contribution in [2.24, 2.45) is 5.73 Å². The molecule has 1 unspecified atom stereocenters. The topological polar surface area (TPSA) is 111 Å². The van der Waals surface area contributed by atoms with Crippen molar-refractivity contribution < 1.29 is 19.1 Å². The van der Waals surface area contributed by atoms with Gasteiger partial charge in [-0.15, -0.1) is 11.3 Å². The van der Waals surface area contributed by atoms with Gasteiger partial charge >= 0.3 is 0 Å². The molecule has 0 radical (unpaired) electrons. The first kappa shape index (κ1) is 17.9. The van der Waals surface area contributed by atoms with Gasteiger partial charge in [-0.2, -0.15) is 0 Å². The number of para-hydroxylation sites is 2. The van der Waals surface area contributed by atoms with E-state index in [1.807, 2.05) is 13.8 Å². The molecule has 1 aromatic heterocycles. The highest BCUT2D eigenvalue weighted by Crippen LogP contribution is 2.36. The number of amides is 3. The summed E-state index contributed by atoms with van der Waals surface area (Å²) in [5.41, 5.74) is 4.35. The van der Waals surface area contributed by atoms with Gasteiger partial charge < -0.3 is 21.1 Å². The normalized spacial score (nSPS) is 18.7. The Morgan fingerprint density at radius 3 is 2.65 bits per heavy atom. The van der Waals surface area contributed by atoms with Crippen LogP contribution in [0, 0.1) is 0 Å². The van der Waals surface area contributed by atoms with E-state index >= 15 is 0 Å². The second kappa shape index (κ2) is 6.45. The molecule has 1 atom stereocenters. The lowest BCUT2D eigenvalue weighted by atomic mass is 10.0. The van der Waals surface area contributed by atoms with E-state index in [2.05, 4.69) is 10.6 Å². The molecule has 0 aliphatic carbocycles. The summed E-state index contributed by atoms with van der Waals surface area (Å²) in [6.07, 6.45) is 0. The number of rotatable bonds is 4. The van der Waals surface area contributed by atoms with Gasteiger partial charge in [0.2, 0.25) is 0 Å². The van der Waals surface area contributed by atoms with E-state index < -0.39 is 23.3 Å². The van der Waals surface area contributed by atoms with Crippen LogP contribution in [0.2, 0.25) is 0 Å². The lowest BCUT2D eigenvalue weighted by molar-refractivity contribution is -0.143. The zero-order chi connectivity index (χ0) is 19.1. The average molecular weight is 373 g/mol. The number of hydrogen-bond donors (Lipinski definition) is 3. The smallest absolute Gasteiger partial charge is 0.278 e. The molecule has 26 heavy (non-hydrogen) atoms. The van der Waals surface area contributed by atoms with Crippen LogP contribution >= 0.6 is 11.3 Å². The summed E-state index contributed by atoms with van der Waals surface area (Å²) < 4.78 is 5.68. The molecule has 0 saturated carbocycles. The molecule has 1 aromatic carbocycles. The van der Waals surface area contributed by atoms with E-state index in [4.69, 9.17) is 10.5 Å². The van der Waals surface area contributed by atoms with Gasteiger partial charge in [0.25, 0.3) is 23.3 Å². The quantitative estimate of drug-likeness (QED) is 0.716.